The van der Waals surface area contributed by atoms with Gasteiger partial charge in [0, 0.05) is 43.9 Å². The zero-order chi connectivity index (χ0) is 23.8. The standard InChI is InChI=1S/C23H22FN7O3.H2O/c1-14(30-5-4-20-18(23(30)32)9-17(11-25-20)34-7-6-33-3)21-27-28-22-19(24)8-15(13-31(21)22)16-10-26-29(2)12-16;/h4-5,8-14H,6-7H2,1-3H3;1H2/t14-;/m1./s1. The Morgan fingerprint density at radius 2 is 1.94 bits per heavy atom. The van der Waals surface area contributed by atoms with Gasteiger partial charge in [-0.05, 0) is 25.1 Å². The largest absolute Gasteiger partial charge is 0.490 e. The first kappa shape index (κ1) is 24.0. The molecule has 0 saturated heterocycles. The SMILES string of the molecule is COCCOc1cnc2ccn([C@H](C)c3nnc4c(F)cc(-c5cnn(C)c5)cn34)c(=O)c2c1.O. The number of aromatic nitrogens is 7. The van der Waals surface area contributed by atoms with Crippen LogP contribution in [0.5, 0.6) is 5.75 Å². The number of aryl methyl sites for hydroxylation is 1. The van der Waals surface area contributed by atoms with Crippen molar-refractivity contribution < 1.29 is 19.3 Å². The average Bonchev–Trinajstić information content (AvgIpc) is 3.46. The third-order valence-electron chi connectivity index (χ3n) is 5.62. The fourth-order valence-electron chi connectivity index (χ4n) is 3.85. The Morgan fingerprint density at radius 1 is 1.11 bits per heavy atom. The number of pyridine rings is 3. The lowest BCUT2D eigenvalue weighted by molar-refractivity contribution is 0.146. The van der Waals surface area contributed by atoms with Gasteiger partial charge in [-0.15, -0.1) is 10.2 Å². The molecule has 182 valence electrons. The molecule has 0 aliphatic heterocycles. The molecule has 0 unspecified atom stereocenters. The zero-order valence-electron chi connectivity index (χ0n) is 19.3. The first-order valence-corrected chi connectivity index (χ1v) is 10.6. The third kappa shape index (κ3) is 4.36. The topological polar surface area (TPSA) is 133 Å². The number of hydrogen-bond acceptors (Lipinski definition) is 7. The molecular formula is C23H24FN7O4. The maximum Gasteiger partial charge on any atom is 0.260 e. The summed E-state index contributed by atoms with van der Waals surface area (Å²) in [4.78, 5) is 17.7. The summed E-state index contributed by atoms with van der Waals surface area (Å²) >= 11 is 0. The summed E-state index contributed by atoms with van der Waals surface area (Å²) in [6.07, 6.45) is 8.41. The van der Waals surface area contributed by atoms with Crippen LogP contribution in [0.1, 0.15) is 18.8 Å². The smallest absolute Gasteiger partial charge is 0.260 e. The van der Waals surface area contributed by atoms with Crippen LogP contribution in [-0.4, -0.2) is 59.7 Å². The molecule has 12 heteroatoms. The van der Waals surface area contributed by atoms with E-state index in [0.717, 1.165) is 5.56 Å². The van der Waals surface area contributed by atoms with Crippen LogP contribution in [0.2, 0.25) is 0 Å². The Kier molecular flexibility index (Phi) is 6.58. The lowest BCUT2D eigenvalue weighted by atomic mass is 10.1. The van der Waals surface area contributed by atoms with Crippen molar-refractivity contribution in [3.63, 3.8) is 0 Å². The van der Waals surface area contributed by atoms with Crippen molar-refractivity contribution in [3.8, 4) is 16.9 Å². The molecule has 5 aromatic heterocycles. The second kappa shape index (κ2) is 9.60. The summed E-state index contributed by atoms with van der Waals surface area (Å²) < 4.78 is 30.2. The van der Waals surface area contributed by atoms with Gasteiger partial charge in [-0.25, -0.2) is 4.39 Å². The Bertz CT molecular complexity index is 1560. The van der Waals surface area contributed by atoms with Crippen LogP contribution in [0.15, 0.2) is 54.0 Å². The highest BCUT2D eigenvalue weighted by molar-refractivity contribution is 5.78. The van der Waals surface area contributed by atoms with Gasteiger partial charge in [-0.3, -0.25) is 18.9 Å². The number of nitrogens with zero attached hydrogens (tertiary/aromatic N) is 7. The summed E-state index contributed by atoms with van der Waals surface area (Å²) in [6, 6.07) is 4.27. The molecule has 35 heavy (non-hydrogen) atoms. The van der Waals surface area contributed by atoms with E-state index in [9.17, 15) is 9.18 Å². The van der Waals surface area contributed by atoms with Gasteiger partial charge < -0.3 is 19.5 Å². The third-order valence-corrected chi connectivity index (χ3v) is 5.62. The van der Waals surface area contributed by atoms with Crippen molar-refractivity contribution >= 4 is 16.6 Å². The van der Waals surface area contributed by atoms with E-state index < -0.39 is 11.9 Å². The van der Waals surface area contributed by atoms with E-state index in [-0.39, 0.29) is 16.7 Å². The minimum absolute atomic E-state index is 0. The minimum Gasteiger partial charge on any atom is -0.490 e. The van der Waals surface area contributed by atoms with Crippen LogP contribution >= 0.6 is 0 Å². The second-order valence-electron chi connectivity index (χ2n) is 7.88. The van der Waals surface area contributed by atoms with Crippen molar-refractivity contribution in [3.05, 3.63) is 71.2 Å². The van der Waals surface area contributed by atoms with E-state index in [0.29, 0.717) is 41.3 Å². The van der Waals surface area contributed by atoms with Gasteiger partial charge in [0.25, 0.3) is 5.56 Å². The fraction of sp³-hybridized carbons (Fsp3) is 0.261. The highest BCUT2D eigenvalue weighted by Crippen LogP contribution is 2.25. The molecule has 5 rings (SSSR count). The monoisotopic (exact) mass is 481 g/mol. The number of halogens is 1. The summed E-state index contributed by atoms with van der Waals surface area (Å²) in [5.41, 5.74) is 1.74. The normalized spacial score (nSPS) is 12.1. The molecule has 1 atom stereocenters. The Morgan fingerprint density at radius 3 is 2.69 bits per heavy atom. The predicted molar refractivity (Wildman–Crippen MR) is 126 cm³/mol. The van der Waals surface area contributed by atoms with Crippen LogP contribution in [0.4, 0.5) is 4.39 Å². The highest BCUT2D eigenvalue weighted by atomic mass is 19.1. The summed E-state index contributed by atoms with van der Waals surface area (Å²) in [7, 11) is 3.38. The van der Waals surface area contributed by atoms with E-state index in [2.05, 4.69) is 20.3 Å². The number of methoxy groups -OCH3 is 1. The van der Waals surface area contributed by atoms with Gasteiger partial charge >= 0.3 is 0 Å². The summed E-state index contributed by atoms with van der Waals surface area (Å²) in [5, 5.41) is 12.8. The molecule has 11 nitrogen and oxygen atoms in total. The Hall–Kier alpha value is -4.16. The molecular weight excluding hydrogens is 457 g/mol. The second-order valence-corrected chi connectivity index (χ2v) is 7.88. The van der Waals surface area contributed by atoms with E-state index in [4.69, 9.17) is 9.47 Å². The van der Waals surface area contributed by atoms with Crippen LogP contribution in [0, 0.1) is 5.82 Å². The molecule has 0 amide bonds. The van der Waals surface area contributed by atoms with E-state index in [1.165, 1.54) is 10.6 Å². The zero-order valence-corrected chi connectivity index (χ0v) is 19.3. The summed E-state index contributed by atoms with van der Waals surface area (Å²) in [5.74, 6) is 0.380. The van der Waals surface area contributed by atoms with E-state index in [1.807, 2.05) is 6.92 Å². The molecule has 0 bridgehead atoms. The fourth-order valence-corrected chi connectivity index (χ4v) is 3.85. The minimum atomic E-state index is -0.534. The van der Waals surface area contributed by atoms with E-state index in [1.54, 1.807) is 66.4 Å². The van der Waals surface area contributed by atoms with Crippen molar-refractivity contribution in [2.24, 2.45) is 7.05 Å². The van der Waals surface area contributed by atoms with E-state index >= 15 is 0 Å². The Labute approximate surface area is 198 Å². The van der Waals surface area contributed by atoms with Gasteiger partial charge in [0.05, 0.1) is 35.9 Å². The lowest BCUT2D eigenvalue weighted by Crippen LogP contribution is -2.25. The van der Waals surface area contributed by atoms with Gasteiger partial charge in [0.1, 0.15) is 12.4 Å². The van der Waals surface area contributed by atoms with Gasteiger partial charge in [-0.1, -0.05) is 0 Å². The van der Waals surface area contributed by atoms with Crippen LogP contribution in [-0.2, 0) is 11.8 Å². The first-order chi connectivity index (χ1) is 16.5. The molecule has 2 N–H and O–H groups in total. The predicted octanol–water partition coefficient (Wildman–Crippen LogP) is 1.79. The molecule has 0 aliphatic carbocycles. The highest BCUT2D eigenvalue weighted by Gasteiger charge is 2.20. The average molecular weight is 481 g/mol. The molecule has 0 saturated carbocycles. The molecule has 0 fully saturated rings. The van der Waals surface area contributed by atoms with Gasteiger partial charge in [-0.2, -0.15) is 5.10 Å². The maximum absolute atomic E-state index is 14.8. The molecule has 0 spiro atoms. The molecule has 5 aromatic rings. The number of ether oxygens (including phenoxy) is 2. The van der Waals surface area contributed by atoms with Crippen molar-refractivity contribution in [2.75, 3.05) is 20.3 Å². The molecule has 5 heterocycles. The van der Waals surface area contributed by atoms with Crippen LogP contribution in [0.3, 0.4) is 0 Å². The number of rotatable bonds is 7. The molecule has 0 aromatic carbocycles. The summed E-state index contributed by atoms with van der Waals surface area (Å²) in [6.45, 7) is 2.58. The first-order valence-electron chi connectivity index (χ1n) is 10.6. The number of hydrogen-bond donors (Lipinski definition) is 0. The quantitative estimate of drug-likeness (QED) is 0.324. The van der Waals surface area contributed by atoms with Crippen LogP contribution < -0.4 is 10.3 Å². The van der Waals surface area contributed by atoms with Crippen LogP contribution in [0.25, 0.3) is 27.7 Å². The maximum atomic E-state index is 14.8. The molecule has 0 radical (unpaired) electrons. The molecule has 0 aliphatic rings. The Balaban J connectivity index is 0.00000289. The van der Waals surface area contributed by atoms with Crippen molar-refractivity contribution in [1.82, 2.24) is 33.9 Å². The van der Waals surface area contributed by atoms with Crippen molar-refractivity contribution in [2.45, 2.75) is 13.0 Å². The number of fused-ring (bicyclic) bond motifs is 2. The van der Waals surface area contributed by atoms with Gasteiger partial charge in [0.15, 0.2) is 17.3 Å². The van der Waals surface area contributed by atoms with Crippen molar-refractivity contribution in [1.29, 1.82) is 0 Å². The van der Waals surface area contributed by atoms with Gasteiger partial charge in [0.2, 0.25) is 0 Å². The lowest BCUT2D eigenvalue weighted by Gasteiger charge is -2.15.